The monoisotopic (exact) mass is 348 g/mol. The normalized spacial score (nSPS) is 25.9. The topological polar surface area (TPSA) is 62.2 Å². The van der Waals surface area contributed by atoms with E-state index in [1.54, 1.807) is 14.2 Å². The SMILES string of the molecule is COc1cccc([C@H]2CN(C3CCN(C)CC3)C[C@@H]2C(=O)O)c1OC. The van der Waals surface area contributed by atoms with Gasteiger partial charge in [-0.1, -0.05) is 12.1 Å². The Balaban J connectivity index is 1.86. The number of hydrogen-bond acceptors (Lipinski definition) is 5. The number of hydrogen-bond donors (Lipinski definition) is 1. The van der Waals surface area contributed by atoms with Crippen LogP contribution in [0.4, 0.5) is 0 Å². The fourth-order valence-electron chi connectivity index (χ4n) is 4.26. The lowest BCUT2D eigenvalue weighted by atomic mass is 9.88. The van der Waals surface area contributed by atoms with Gasteiger partial charge in [-0.05, 0) is 39.0 Å². The Kier molecular flexibility index (Phi) is 5.49. The zero-order chi connectivity index (χ0) is 18.0. The summed E-state index contributed by atoms with van der Waals surface area (Å²) in [7, 11) is 5.36. The van der Waals surface area contributed by atoms with E-state index in [1.165, 1.54) is 0 Å². The second kappa shape index (κ2) is 7.62. The Bertz CT molecular complexity index is 613. The molecule has 0 aliphatic carbocycles. The maximum absolute atomic E-state index is 11.9. The molecule has 2 aliphatic rings. The first-order valence-electron chi connectivity index (χ1n) is 8.91. The molecule has 3 rings (SSSR count). The minimum atomic E-state index is -0.731. The molecule has 2 heterocycles. The molecule has 0 radical (unpaired) electrons. The summed E-state index contributed by atoms with van der Waals surface area (Å²) in [6.07, 6.45) is 2.20. The van der Waals surface area contributed by atoms with Crippen molar-refractivity contribution in [3.05, 3.63) is 23.8 Å². The van der Waals surface area contributed by atoms with E-state index in [0.29, 0.717) is 24.1 Å². The van der Waals surface area contributed by atoms with Crippen LogP contribution in [0.2, 0.25) is 0 Å². The number of aliphatic carboxylic acids is 1. The van der Waals surface area contributed by atoms with Gasteiger partial charge in [0.15, 0.2) is 11.5 Å². The molecule has 0 spiro atoms. The summed E-state index contributed by atoms with van der Waals surface area (Å²) >= 11 is 0. The maximum atomic E-state index is 11.9. The van der Waals surface area contributed by atoms with E-state index < -0.39 is 11.9 Å². The van der Waals surface area contributed by atoms with Crippen LogP contribution in [-0.2, 0) is 4.79 Å². The summed E-state index contributed by atoms with van der Waals surface area (Å²) in [4.78, 5) is 16.6. The van der Waals surface area contributed by atoms with Crippen LogP contribution in [0.25, 0.3) is 0 Å². The fraction of sp³-hybridized carbons (Fsp3) is 0.632. The van der Waals surface area contributed by atoms with Crippen molar-refractivity contribution >= 4 is 5.97 Å². The highest BCUT2D eigenvalue weighted by Gasteiger charge is 2.42. The molecule has 0 saturated carbocycles. The van der Waals surface area contributed by atoms with Crippen LogP contribution < -0.4 is 9.47 Å². The Labute approximate surface area is 149 Å². The summed E-state index contributed by atoms with van der Waals surface area (Å²) in [5.74, 6) is 0.0847. The Hall–Kier alpha value is -1.79. The summed E-state index contributed by atoms with van der Waals surface area (Å²) in [6, 6.07) is 6.20. The molecule has 0 aromatic heterocycles. The van der Waals surface area contributed by atoms with Crippen molar-refractivity contribution in [1.82, 2.24) is 9.80 Å². The molecule has 1 aromatic rings. The van der Waals surface area contributed by atoms with Crippen molar-refractivity contribution in [3.8, 4) is 11.5 Å². The minimum Gasteiger partial charge on any atom is -0.493 e. The number of carboxylic acids is 1. The van der Waals surface area contributed by atoms with E-state index in [0.717, 1.165) is 38.0 Å². The van der Waals surface area contributed by atoms with Gasteiger partial charge in [0.1, 0.15) is 0 Å². The lowest BCUT2D eigenvalue weighted by Crippen LogP contribution is -2.43. The number of para-hydroxylation sites is 1. The van der Waals surface area contributed by atoms with Gasteiger partial charge in [0.25, 0.3) is 0 Å². The van der Waals surface area contributed by atoms with Crippen molar-refractivity contribution in [1.29, 1.82) is 0 Å². The van der Waals surface area contributed by atoms with Crippen molar-refractivity contribution < 1.29 is 19.4 Å². The molecule has 1 N–H and O–H groups in total. The van der Waals surface area contributed by atoms with Crippen molar-refractivity contribution in [2.24, 2.45) is 5.92 Å². The van der Waals surface area contributed by atoms with Gasteiger partial charge < -0.3 is 19.5 Å². The molecular formula is C19H28N2O4. The van der Waals surface area contributed by atoms with Gasteiger partial charge >= 0.3 is 5.97 Å². The Morgan fingerprint density at radius 3 is 2.48 bits per heavy atom. The molecule has 6 nitrogen and oxygen atoms in total. The average molecular weight is 348 g/mol. The van der Waals surface area contributed by atoms with Gasteiger partial charge in [-0.15, -0.1) is 0 Å². The molecule has 2 saturated heterocycles. The van der Waals surface area contributed by atoms with Crippen LogP contribution in [0, 0.1) is 5.92 Å². The lowest BCUT2D eigenvalue weighted by molar-refractivity contribution is -0.141. The number of carbonyl (C=O) groups is 1. The van der Waals surface area contributed by atoms with Crippen molar-refractivity contribution in [2.75, 3.05) is 47.4 Å². The van der Waals surface area contributed by atoms with E-state index in [4.69, 9.17) is 9.47 Å². The van der Waals surface area contributed by atoms with Gasteiger partial charge in [0.2, 0.25) is 0 Å². The molecule has 0 bridgehead atoms. The van der Waals surface area contributed by atoms with Gasteiger partial charge in [-0.3, -0.25) is 9.69 Å². The molecule has 1 aromatic carbocycles. The third-order valence-corrected chi connectivity index (χ3v) is 5.70. The number of methoxy groups -OCH3 is 2. The molecular weight excluding hydrogens is 320 g/mol. The van der Waals surface area contributed by atoms with Crippen LogP contribution in [-0.4, -0.2) is 74.4 Å². The Morgan fingerprint density at radius 2 is 1.88 bits per heavy atom. The van der Waals surface area contributed by atoms with Crippen LogP contribution in [0.15, 0.2) is 18.2 Å². The molecule has 0 amide bonds. The van der Waals surface area contributed by atoms with E-state index in [-0.39, 0.29) is 5.92 Å². The number of nitrogens with zero attached hydrogens (tertiary/aromatic N) is 2. The first-order chi connectivity index (χ1) is 12.0. The summed E-state index contributed by atoms with van der Waals surface area (Å²) in [6.45, 7) is 3.52. The van der Waals surface area contributed by atoms with E-state index in [2.05, 4.69) is 16.8 Å². The van der Waals surface area contributed by atoms with Crippen molar-refractivity contribution in [3.63, 3.8) is 0 Å². The molecule has 6 heteroatoms. The van der Waals surface area contributed by atoms with Gasteiger partial charge in [0.05, 0.1) is 20.1 Å². The predicted octanol–water partition coefficient (Wildman–Crippen LogP) is 1.90. The van der Waals surface area contributed by atoms with Gasteiger partial charge in [0, 0.05) is 30.6 Å². The van der Waals surface area contributed by atoms with Crippen molar-refractivity contribution in [2.45, 2.75) is 24.8 Å². The molecule has 2 fully saturated rings. The Morgan fingerprint density at radius 1 is 1.16 bits per heavy atom. The standard InChI is InChI=1S/C19H28N2O4/c1-20-9-7-13(8-10-20)21-11-15(16(12-21)19(22)23)14-5-4-6-17(24-2)18(14)25-3/h4-6,13,15-16H,7-12H2,1-3H3,(H,22,23)/t15-,16+/m1/s1. The maximum Gasteiger partial charge on any atom is 0.308 e. The highest BCUT2D eigenvalue weighted by Crippen LogP contribution is 2.42. The summed E-state index contributed by atoms with van der Waals surface area (Å²) in [5.41, 5.74) is 0.935. The van der Waals surface area contributed by atoms with Crippen LogP contribution in [0.3, 0.4) is 0 Å². The molecule has 138 valence electrons. The molecule has 2 atom stereocenters. The first-order valence-corrected chi connectivity index (χ1v) is 8.91. The number of rotatable bonds is 5. The predicted molar refractivity (Wildman–Crippen MR) is 95.5 cm³/mol. The third-order valence-electron chi connectivity index (χ3n) is 5.70. The fourth-order valence-corrected chi connectivity index (χ4v) is 4.26. The summed E-state index contributed by atoms with van der Waals surface area (Å²) in [5, 5.41) is 9.79. The van der Waals surface area contributed by atoms with Gasteiger partial charge in [-0.2, -0.15) is 0 Å². The largest absolute Gasteiger partial charge is 0.493 e. The second-order valence-corrected chi connectivity index (χ2v) is 7.12. The third kappa shape index (κ3) is 3.60. The quantitative estimate of drug-likeness (QED) is 0.877. The first kappa shape index (κ1) is 18.0. The average Bonchev–Trinajstić information content (AvgIpc) is 3.07. The number of benzene rings is 1. The van der Waals surface area contributed by atoms with Crippen LogP contribution in [0.5, 0.6) is 11.5 Å². The zero-order valence-corrected chi connectivity index (χ0v) is 15.3. The highest BCUT2D eigenvalue weighted by atomic mass is 16.5. The summed E-state index contributed by atoms with van der Waals surface area (Å²) < 4.78 is 11.0. The molecule has 25 heavy (non-hydrogen) atoms. The highest BCUT2D eigenvalue weighted by molar-refractivity contribution is 5.73. The molecule has 0 unspecified atom stereocenters. The smallest absolute Gasteiger partial charge is 0.308 e. The van der Waals surface area contributed by atoms with E-state index in [1.807, 2.05) is 18.2 Å². The zero-order valence-electron chi connectivity index (χ0n) is 15.3. The van der Waals surface area contributed by atoms with Crippen LogP contribution in [0.1, 0.15) is 24.3 Å². The second-order valence-electron chi connectivity index (χ2n) is 7.12. The number of carboxylic acid groups (broad SMARTS) is 1. The van der Waals surface area contributed by atoms with Crippen LogP contribution >= 0.6 is 0 Å². The van der Waals surface area contributed by atoms with Gasteiger partial charge in [-0.25, -0.2) is 0 Å². The van der Waals surface area contributed by atoms with E-state index >= 15 is 0 Å². The number of likely N-dealkylation sites (tertiary alicyclic amines) is 2. The minimum absolute atomic E-state index is 0.0813. The number of piperidine rings is 1. The molecule has 2 aliphatic heterocycles. The van der Waals surface area contributed by atoms with E-state index in [9.17, 15) is 9.90 Å². The lowest BCUT2D eigenvalue weighted by Gasteiger charge is -2.35. The number of ether oxygens (including phenoxy) is 2.